The number of ether oxygens (including phenoxy) is 1. The number of piperidine rings is 1. The van der Waals surface area contributed by atoms with Gasteiger partial charge in [0.1, 0.15) is 5.60 Å². The Bertz CT molecular complexity index is 1140. The zero-order valence-electron chi connectivity index (χ0n) is 20.6. The molecular weight excluding hydrogens is 466 g/mol. The van der Waals surface area contributed by atoms with E-state index in [1.165, 1.54) is 8.61 Å². The maximum absolute atomic E-state index is 13.6. The molecule has 10 heteroatoms. The summed E-state index contributed by atoms with van der Waals surface area (Å²) in [6, 6.07) is 16.5. The number of nitrogens with two attached hydrogens (primary N) is 1. The maximum atomic E-state index is 13.6. The Kier molecular flexibility index (Phi) is 7.25. The van der Waals surface area contributed by atoms with Gasteiger partial charge in [-0.05, 0) is 64.3 Å². The number of nitrogens with zero attached hydrogens (tertiary/aromatic N) is 3. The fourth-order valence-electron chi connectivity index (χ4n) is 4.59. The molecule has 2 aliphatic heterocycles. The molecule has 0 radical (unpaired) electrons. The average molecular weight is 502 g/mol. The number of rotatable bonds is 6. The van der Waals surface area contributed by atoms with Gasteiger partial charge < -0.3 is 15.8 Å². The summed E-state index contributed by atoms with van der Waals surface area (Å²) in [5.41, 5.74) is 7.49. The van der Waals surface area contributed by atoms with Gasteiger partial charge in [-0.25, -0.2) is 9.10 Å². The number of amides is 1. The quantitative estimate of drug-likeness (QED) is 0.627. The summed E-state index contributed by atoms with van der Waals surface area (Å²) in [5.74, 6) is 0. The molecule has 1 saturated heterocycles. The highest BCUT2D eigenvalue weighted by molar-refractivity contribution is 7.95. The molecule has 190 valence electrons. The van der Waals surface area contributed by atoms with Crippen LogP contribution in [0.1, 0.15) is 40.0 Å². The summed E-state index contributed by atoms with van der Waals surface area (Å²) in [4.78, 5) is 14.5. The Balaban J connectivity index is 1.45. The SMILES string of the molecule is CC(C)(C)OC(=O)NC1CC(N)CCN1CCCN1c2ccccc2N(c2ccccc2)S1(=O)=O. The van der Waals surface area contributed by atoms with Gasteiger partial charge in [-0.15, -0.1) is 0 Å². The van der Waals surface area contributed by atoms with E-state index in [2.05, 4.69) is 10.2 Å². The van der Waals surface area contributed by atoms with E-state index < -0.39 is 21.9 Å². The van der Waals surface area contributed by atoms with Gasteiger partial charge >= 0.3 is 16.3 Å². The van der Waals surface area contributed by atoms with Gasteiger partial charge in [0.15, 0.2) is 0 Å². The Morgan fingerprint density at radius 2 is 1.71 bits per heavy atom. The van der Waals surface area contributed by atoms with Crippen LogP contribution in [0.2, 0.25) is 0 Å². The lowest BCUT2D eigenvalue weighted by Crippen LogP contribution is -2.56. The number of hydrogen-bond donors (Lipinski definition) is 2. The van der Waals surface area contributed by atoms with Gasteiger partial charge in [0.2, 0.25) is 0 Å². The molecule has 2 unspecified atom stereocenters. The number of fused-ring (bicyclic) bond motifs is 1. The van der Waals surface area contributed by atoms with E-state index >= 15 is 0 Å². The third-order valence-corrected chi connectivity index (χ3v) is 7.92. The molecule has 2 heterocycles. The van der Waals surface area contributed by atoms with Gasteiger partial charge in [-0.1, -0.05) is 30.3 Å². The standard InChI is InChI=1S/C25H35N5O4S/c1-25(2,3)34-24(31)27-23-18-19(26)14-17-28(23)15-9-16-29-21-12-7-8-13-22(21)30(35(29,32)33)20-10-5-4-6-11-20/h4-8,10-13,19,23H,9,14-18,26H2,1-3H3,(H,27,31). The first kappa shape index (κ1) is 25.3. The van der Waals surface area contributed by atoms with Crippen LogP contribution in [0.15, 0.2) is 54.6 Å². The molecule has 0 aliphatic carbocycles. The molecule has 3 N–H and O–H groups in total. The third-order valence-electron chi connectivity index (χ3n) is 6.11. The second-order valence-corrected chi connectivity index (χ2v) is 11.7. The van der Waals surface area contributed by atoms with Gasteiger partial charge in [-0.2, -0.15) is 8.42 Å². The number of alkyl carbamates (subject to hydrolysis) is 1. The van der Waals surface area contributed by atoms with E-state index in [-0.39, 0.29) is 12.2 Å². The average Bonchev–Trinajstić information content (AvgIpc) is 3.00. The van der Waals surface area contributed by atoms with Gasteiger partial charge in [0.05, 0.1) is 23.2 Å². The van der Waals surface area contributed by atoms with E-state index in [0.717, 1.165) is 13.0 Å². The summed E-state index contributed by atoms with van der Waals surface area (Å²) in [6.07, 6.45) is 1.30. The Morgan fingerprint density at radius 3 is 2.40 bits per heavy atom. The van der Waals surface area contributed by atoms with Crippen molar-refractivity contribution in [2.45, 2.75) is 57.8 Å². The first-order chi connectivity index (χ1) is 16.6. The number of carbonyl (C=O) groups is 1. The molecule has 1 fully saturated rings. The summed E-state index contributed by atoms with van der Waals surface area (Å²) in [5, 5.41) is 2.94. The van der Waals surface area contributed by atoms with E-state index in [0.29, 0.717) is 43.0 Å². The third kappa shape index (κ3) is 5.71. The number of carbonyl (C=O) groups excluding carboxylic acids is 1. The maximum Gasteiger partial charge on any atom is 0.408 e. The van der Waals surface area contributed by atoms with Crippen LogP contribution >= 0.6 is 0 Å². The molecule has 2 aromatic carbocycles. The van der Waals surface area contributed by atoms with Gasteiger partial charge in [0.25, 0.3) is 0 Å². The highest BCUT2D eigenvalue weighted by atomic mass is 32.2. The molecule has 35 heavy (non-hydrogen) atoms. The van der Waals surface area contributed by atoms with Crippen molar-refractivity contribution in [1.82, 2.24) is 10.2 Å². The minimum absolute atomic E-state index is 0.00328. The molecule has 9 nitrogen and oxygen atoms in total. The molecule has 0 bridgehead atoms. The number of nitrogens with one attached hydrogen (secondary N) is 1. The highest BCUT2D eigenvalue weighted by Crippen LogP contribution is 2.45. The number of hydrogen-bond acceptors (Lipinski definition) is 6. The molecule has 2 aromatic rings. The van der Waals surface area contributed by atoms with Crippen LogP contribution in [0.25, 0.3) is 0 Å². The Hall–Kier alpha value is -2.82. The van der Waals surface area contributed by atoms with Crippen LogP contribution < -0.4 is 19.7 Å². The topological polar surface area (TPSA) is 108 Å². The fourth-order valence-corrected chi connectivity index (χ4v) is 6.34. The van der Waals surface area contributed by atoms with Crippen molar-refractivity contribution >= 4 is 33.4 Å². The minimum atomic E-state index is -3.77. The predicted octanol–water partition coefficient (Wildman–Crippen LogP) is 3.55. The molecular formula is C25H35N5O4S. The Morgan fingerprint density at radius 1 is 1.06 bits per heavy atom. The van der Waals surface area contributed by atoms with Crippen molar-refractivity contribution in [2.75, 3.05) is 28.2 Å². The first-order valence-electron chi connectivity index (χ1n) is 12.0. The van der Waals surface area contributed by atoms with E-state index in [1.807, 2.05) is 63.2 Å². The second-order valence-electron chi connectivity index (χ2n) is 10.0. The van der Waals surface area contributed by atoms with Crippen molar-refractivity contribution in [3.8, 4) is 0 Å². The lowest BCUT2D eigenvalue weighted by Gasteiger charge is -2.39. The van der Waals surface area contributed by atoms with Crippen molar-refractivity contribution in [3.05, 3.63) is 54.6 Å². The van der Waals surface area contributed by atoms with Crippen LogP contribution in [-0.2, 0) is 14.9 Å². The van der Waals surface area contributed by atoms with Crippen molar-refractivity contribution < 1.29 is 17.9 Å². The zero-order valence-corrected chi connectivity index (χ0v) is 21.4. The largest absolute Gasteiger partial charge is 0.444 e. The monoisotopic (exact) mass is 501 g/mol. The molecule has 2 atom stereocenters. The fraction of sp³-hybridized carbons (Fsp3) is 0.480. The van der Waals surface area contributed by atoms with Crippen LogP contribution in [0, 0.1) is 0 Å². The summed E-state index contributed by atoms with van der Waals surface area (Å²) in [7, 11) is -3.77. The van der Waals surface area contributed by atoms with Gasteiger partial charge in [0, 0.05) is 25.7 Å². The number of anilines is 3. The van der Waals surface area contributed by atoms with Gasteiger partial charge in [-0.3, -0.25) is 9.21 Å². The van der Waals surface area contributed by atoms with Crippen LogP contribution in [-0.4, -0.2) is 56.9 Å². The molecule has 4 rings (SSSR count). The normalized spacial score (nSPS) is 22.1. The first-order valence-corrected chi connectivity index (χ1v) is 13.4. The van der Waals surface area contributed by atoms with E-state index in [9.17, 15) is 13.2 Å². The lowest BCUT2D eigenvalue weighted by molar-refractivity contribution is 0.0350. The second kappa shape index (κ2) is 10.0. The number of para-hydroxylation sites is 3. The summed E-state index contributed by atoms with van der Waals surface area (Å²) < 4.78 is 35.4. The van der Waals surface area contributed by atoms with Crippen LogP contribution in [0.3, 0.4) is 0 Å². The predicted molar refractivity (Wildman–Crippen MR) is 138 cm³/mol. The molecule has 0 saturated carbocycles. The zero-order chi connectivity index (χ0) is 25.2. The van der Waals surface area contributed by atoms with E-state index in [1.54, 1.807) is 12.1 Å². The van der Waals surface area contributed by atoms with Crippen LogP contribution in [0.4, 0.5) is 21.9 Å². The minimum Gasteiger partial charge on any atom is -0.444 e. The summed E-state index contributed by atoms with van der Waals surface area (Å²) >= 11 is 0. The molecule has 1 amide bonds. The number of likely N-dealkylation sites (tertiary alicyclic amines) is 1. The number of benzene rings is 2. The summed E-state index contributed by atoms with van der Waals surface area (Å²) in [6.45, 7) is 7.14. The smallest absolute Gasteiger partial charge is 0.408 e. The highest BCUT2D eigenvalue weighted by Gasteiger charge is 2.41. The Labute approximate surface area is 208 Å². The van der Waals surface area contributed by atoms with Crippen molar-refractivity contribution in [3.63, 3.8) is 0 Å². The lowest BCUT2D eigenvalue weighted by atomic mass is 10.0. The molecule has 0 spiro atoms. The molecule has 0 aromatic heterocycles. The molecule has 2 aliphatic rings. The van der Waals surface area contributed by atoms with Crippen molar-refractivity contribution in [2.24, 2.45) is 5.73 Å². The van der Waals surface area contributed by atoms with Crippen LogP contribution in [0.5, 0.6) is 0 Å². The van der Waals surface area contributed by atoms with Crippen molar-refractivity contribution in [1.29, 1.82) is 0 Å². The van der Waals surface area contributed by atoms with E-state index in [4.69, 9.17) is 10.5 Å².